The minimum Gasteiger partial charge on any atom is -0.395 e. The maximum absolute atomic E-state index is 9.47. The number of ether oxygens (including phenoxy) is 1. The highest BCUT2D eigenvalue weighted by atomic mass is 16.5. The molecule has 1 fully saturated rings. The molecule has 96 valence electrons. The second-order valence-electron chi connectivity index (χ2n) is 5.18. The molecule has 0 aromatic carbocycles. The molecule has 0 saturated carbocycles. The van der Waals surface area contributed by atoms with Crippen molar-refractivity contribution in [1.29, 1.82) is 0 Å². The molecule has 16 heavy (non-hydrogen) atoms. The van der Waals surface area contributed by atoms with Crippen LogP contribution >= 0.6 is 0 Å². The third-order valence-electron chi connectivity index (χ3n) is 3.40. The number of likely N-dealkylation sites (tertiary alicyclic amines) is 1. The van der Waals surface area contributed by atoms with E-state index in [4.69, 9.17) is 10.5 Å². The molecule has 4 nitrogen and oxygen atoms in total. The smallest absolute Gasteiger partial charge is 0.0710 e. The molecule has 0 aromatic heterocycles. The van der Waals surface area contributed by atoms with Crippen LogP contribution in [0.25, 0.3) is 0 Å². The third kappa shape index (κ3) is 3.70. The second kappa shape index (κ2) is 6.55. The summed E-state index contributed by atoms with van der Waals surface area (Å²) in [7, 11) is 1.75. The predicted molar refractivity (Wildman–Crippen MR) is 65.3 cm³/mol. The zero-order chi connectivity index (χ0) is 12.1. The second-order valence-corrected chi connectivity index (χ2v) is 5.18. The lowest BCUT2D eigenvalue weighted by Crippen LogP contribution is -2.50. The largest absolute Gasteiger partial charge is 0.395 e. The predicted octanol–water partition coefficient (Wildman–Crippen LogP) is 0.441. The van der Waals surface area contributed by atoms with E-state index in [0.29, 0.717) is 12.0 Å². The van der Waals surface area contributed by atoms with Crippen LogP contribution in [0.5, 0.6) is 0 Å². The number of methoxy groups -OCH3 is 1. The number of nitrogens with zero attached hydrogens (tertiary/aromatic N) is 1. The minimum absolute atomic E-state index is 0.0561. The van der Waals surface area contributed by atoms with Crippen LogP contribution < -0.4 is 5.73 Å². The molecule has 0 spiro atoms. The summed E-state index contributed by atoms with van der Waals surface area (Å²) >= 11 is 0. The molecule has 0 amide bonds. The molecule has 0 aromatic rings. The van der Waals surface area contributed by atoms with Crippen LogP contribution in [0, 0.1) is 5.92 Å². The van der Waals surface area contributed by atoms with Gasteiger partial charge in [-0.05, 0) is 18.8 Å². The van der Waals surface area contributed by atoms with Crippen molar-refractivity contribution in [3.63, 3.8) is 0 Å². The Labute approximate surface area is 98.8 Å². The summed E-state index contributed by atoms with van der Waals surface area (Å²) in [6.07, 6.45) is 2.31. The lowest BCUT2D eigenvalue weighted by atomic mass is 9.98. The van der Waals surface area contributed by atoms with Crippen molar-refractivity contribution in [3.05, 3.63) is 0 Å². The Morgan fingerprint density at radius 3 is 2.62 bits per heavy atom. The highest BCUT2D eigenvalue weighted by Crippen LogP contribution is 2.18. The van der Waals surface area contributed by atoms with E-state index < -0.39 is 0 Å². The Kier molecular flexibility index (Phi) is 5.69. The van der Waals surface area contributed by atoms with Gasteiger partial charge < -0.3 is 15.6 Å². The van der Waals surface area contributed by atoms with Gasteiger partial charge in [-0.3, -0.25) is 4.90 Å². The maximum atomic E-state index is 9.47. The summed E-state index contributed by atoms with van der Waals surface area (Å²) in [4.78, 5) is 2.27. The third-order valence-corrected chi connectivity index (χ3v) is 3.40. The number of aliphatic hydroxyl groups is 1. The van der Waals surface area contributed by atoms with E-state index in [1.165, 1.54) is 0 Å². The highest BCUT2D eigenvalue weighted by molar-refractivity contribution is 4.88. The first-order valence-corrected chi connectivity index (χ1v) is 6.21. The van der Waals surface area contributed by atoms with Gasteiger partial charge in [0.2, 0.25) is 0 Å². The van der Waals surface area contributed by atoms with Crippen LogP contribution in [0.1, 0.15) is 26.7 Å². The standard InChI is InChI=1S/C12H26N2O2/c1-9(2)6-11(13)12(8-15)14-5-4-10(7-14)16-3/h9-12,15H,4-8,13H2,1-3H3. The molecule has 0 radical (unpaired) electrons. The first kappa shape index (κ1) is 13.9. The van der Waals surface area contributed by atoms with E-state index in [1.54, 1.807) is 7.11 Å². The first-order chi connectivity index (χ1) is 7.58. The van der Waals surface area contributed by atoms with Gasteiger partial charge in [-0.2, -0.15) is 0 Å². The van der Waals surface area contributed by atoms with Crippen LogP contribution in [0.3, 0.4) is 0 Å². The fraction of sp³-hybridized carbons (Fsp3) is 1.00. The van der Waals surface area contributed by atoms with E-state index in [9.17, 15) is 5.11 Å². The molecule has 1 aliphatic rings. The number of nitrogens with two attached hydrogens (primary N) is 1. The van der Waals surface area contributed by atoms with E-state index in [0.717, 1.165) is 25.9 Å². The summed E-state index contributed by atoms with van der Waals surface area (Å²) in [5, 5.41) is 9.47. The van der Waals surface area contributed by atoms with Crippen LogP contribution in [-0.4, -0.2) is 55.0 Å². The quantitative estimate of drug-likeness (QED) is 0.695. The Hall–Kier alpha value is -0.160. The molecule has 3 N–H and O–H groups in total. The zero-order valence-corrected chi connectivity index (χ0v) is 10.7. The fourth-order valence-corrected chi connectivity index (χ4v) is 2.47. The fourth-order valence-electron chi connectivity index (χ4n) is 2.47. The first-order valence-electron chi connectivity index (χ1n) is 6.21. The Morgan fingerprint density at radius 1 is 1.50 bits per heavy atom. The summed E-state index contributed by atoms with van der Waals surface area (Å²) in [6, 6.07) is 0.142. The number of rotatable bonds is 6. The lowest BCUT2D eigenvalue weighted by Gasteiger charge is -2.31. The molecule has 1 aliphatic heterocycles. The maximum Gasteiger partial charge on any atom is 0.0710 e. The van der Waals surface area contributed by atoms with Gasteiger partial charge in [-0.15, -0.1) is 0 Å². The average molecular weight is 230 g/mol. The molecule has 1 saturated heterocycles. The molecule has 1 heterocycles. The number of hydrogen-bond donors (Lipinski definition) is 2. The van der Waals surface area contributed by atoms with Crippen LogP contribution in [0.2, 0.25) is 0 Å². The van der Waals surface area contributed by atoms with Crippen molar-refractivity contribution in [2.75, 3.05) is 26.8 Å². The molecule has 4 heteroatoms. The van der Waals surface area contributed by atoms with Gasteiger partial charge in [0.05, 0.1) is 12.7 Å². The van der Waals surface area contributed by atoms with Crippen LogP contribution in [0.15, 0.2) is 0 Å². The Balaban J connectivity index is 2.47. The number of aliphatic hydroxyl groups excluding tert-OH is 1. The van der Waals surface area contributed by atoms with E-state index in [-0.39, 0.29) is 18.7 Å². The molecule has 3 atom stereocenters. The molecule has 1 rings (SSSR count). The van der Waals surface area contributed by atoms with Gasteiger partial charge >= 0.3 is 0 Å². The molecule has 0 bridgehead atoms. The SMILES string of the molecule is COC1CCN(C(CO)C(N)CC(C)C)C1. The van der Waals surface area contributed by atoms with E-state index in [1.807, 2.05) is 0 Å². The monoisotopic (exact) mass is 230 g/mol. The van der Waals surface area contributed by atoms with Gasteiger partial charge in [0.15, 0.2) is 0 Å². The lowest BCUT2D eigenvalue weighted by molar-refractivity contribution is 0.0786. The van der Waals surface area contributed by atoms with E-state index in [2.05, 4.69) is 18.7 Å². The topological polar surface area (TPSA) is 58.7 Å². The highest BCUT2D eigenvalue weighted by Gasteiger charge is 2.31. The van der Waals surface area contributed by atoms with Crippen LogP contribution in [-0.2, 0) is 4.74 Å². The summed E-state index contributed by atoms with van der Waals surface area (Å²) in [5.74, 6) is 0.574. The summed E-state index contributed by atoms with van der Waals surface area (Å²) < 4.78 is 5.33. The molecular weight excluding hydrogens is 204 g/mol. The van der Waals surface area contributed by atoms with Crippen molar-refractivity contribution in [2.24, 2.45) is 11.7 Å². The summed E-state index contributed by atoms with van der Waals surface area (Å²) in [5.41, 5.74) is 6.15. The van der Waals surface area contributed by atoms with Crippen molar-refractivity contribution in [3.8, 4) is 0 Å². The van der Waals surface area contributed by atoms with Crippen LogP contribution in [0.4, 0.5) is 0 Å². The van der Waals surface area contributed by atoms with Gasteiger partial charge in [0.25, 0.3) is 0 Å². The number of hydrogen-bond acceptors (Lipinski definition) is 4. The Bertz CT molecular complexity index is 199. The van der Waals surface area contributed by atoms with Crippen molar-refractivity contribution in [2.45, 2.75) is 44.9 Å². The molecular formula is C12H26N2O2. The zero-order valence-electron chi connectivity index (χ0n) is 10.7. The van der Waals surface area contributed by atoms with E-state index >= 15 is 0 Å². The summed E-state index contributed by atoms with van der Waals surface area (Å²) in [6.45, 7) is 6.35. The minimum atomic E-state index is 0.0561. The van der Waals surface area contributed by atoms with Crippen molar-refractivity contribution >= 4 is 0 Å². The molecule has 0 aliphatic carbocycles. The average Bonchev–Trinajstić information content (AvgIpc) is 2.66. The normalized spacial score (nSPS) is 26.2. The van der Waals surface area contributed by atoms with Crippen molar-refractivity contribution < 1.29 is 9.84 Å². The van der Waals surface area contributed by atoms with Gasteiger partial charge in [-0.1, -0.05) is 13.8 Å². The van der Waals surface area contributed by atoms with Gasteiger partial charge in [0.1, 0.15) is 0 Å². The molecule has 3 unspecified atom stereocenters. The Morgan fingerprint density at radius 2 is 2.19 bits per heavy atom. The van der Waals surface area contributed by atoms with Gasteiger partial charge in [0, 0.05) is 32.3 Å². The van der Waals surface area contributed by atoms with Crippen molar-refractivity contribution in [1.82, 2.24) is 4.90 Å². The van der Waals surface area contributed by atoms with Gasteiger partial charge in [-0.25, -0.2) is 0 Å².